The van der Waals surface area contributed by atoms with Crippen molar-refractivity contribution in [1.29, 1.82) is 0 Å². The number of urea groups is 1. The molecule has 2 saturated heterocycles. The Bertz CT molecular complexity index is 233. The van der Waals surface area contributed by atoms with Crippen LogP contribution in [0.5, 0.6) is 0 Å². The summed E-state index contributed by atoms with van der Waals surface area (Å²) in [6.07, 6.45) is 0. The van der Waals surface area contributed by atoms with Crippen molar-refractivity contribution in [3.8, 4) is 0 Å². The predicted octanol–water partition coefficient (Wildman–Crippen LogP) is -0.695. The third kappa shape index (κ3) is 2.82. The van der Waals surface area contributed by atoms with Crippen LogP contribution >= 0.6 is 0 Å². The monoisotopic (exact) mass is 212 g/mol. The van der Waals surface area contributed by atoms with E-state index in [-0.39, 0.29) is 6.03 Å². The van der Waals surface area contributed by atoms with Crippen molar-refractivity contribution in [3.05, 3.63) is 0 Å². The van der Waals surface area contributed by atoms with Crippen molar-refractivity contribution in [2.75, 3.05) is 45.8 Å². The van der Waals surface area contributed by atoms with Gasteiger partial charge >= 0.3 is 6.03 Å². The van der Waals surface area contributed by atoms with Gasteiger partial charge < -0.3 is 15.5 Å². The maximum Gasteiger partial charge on any atom is 0.317 e. The molecule has 2 aliphatic heterocycles. The maximum absolute atomic E-state index is 11.3. The molecule has 0 bridgehead atoms. The fourth-order valence-corrected chi connectivity index (χ4v) is 2.20. The van der Waals surface area contributed by atoms with E-state index in [1.807, 2.05) is 4.90 Å². The number of hydrogen-bond acceptors (Lipinski definition) is 3. The van der Waals surface area contributed by atoms with Gasteiger partial charge in [0.25, 0.3) is 0 Å². The third-order valence-corrected chi connectivity index (χ3v) is 3.08. The minimum Gasteiger partial charge on any atom is -0.336 e. The molecule has 2 aliphatic rings. The molecule has 2 N–H and O–H groups in total. The number of hydrogen-bond donors (Lipinski definition) is 2. The lowest BCUT2D eigenvalue weighted by Gasteiger charge is -2.32. The van der Waals surface area contributed by atoms with Crippen molar-refractivity contribution in [2.24, 2.45) is 0 Å². The van der Waals surface area contributed by atoms with E-state index in [0.29, 0.717) is 6.04 Å². The zero-order chi connectivity index (χ0) is 10.7. The number of carbonyl (C=O) groups is 1. The molecule has 15 heavy (non-hydrogen) atoms. The minimum absolute atomic E-state index is 0.0955. The normalized spacial score (nSPS) is 28.2. The summed E-state index contributed by atoms with van der Waals surface area (Å²) in [4.78, 5) is 15.6. The van der Waals surface area contributed by atoms with Gasteiger partial charge in [-0.3, -0.25) is 4.90 Å². The molecule has 2 rings (SSSR count). The average Bonchev–Trinajstić information content (AvgIpc) is 2.61. The highest BCUT2D eigenvalue weighted by molar-refractivity contribution is 5.76. The number of carbonyl (C=O) groups excluding carboxylic acids is 1. The molecule has 1 atom stereocenters. The Balaban J connectivity index is 1.70. The van der Waals surface area contributed by atoms with Gasteiger partial charge in [0.05, 0.1) is 0 Å². The fourth-order valence-electron chi connectivity index (χ4n) is 2.20. The molecule has 0 aliphatic carbocycles. The van der Waals surface area contributed by atoms with E-state index in [9.17, 15) is 4.79 Å². The number of rotatable bonds is 3. The second-order valence-electron chi connectivity index (χ2n) is 4.37. The smallest absolute Gasteiger partial charge is 0.317 e. The number of nitrogens with zero attached hydrogens (tertiary/aromatic N) is 2. The van der Waals surface area contributed by atoms with Crippen molar-refractivity contribution in [1.82, 2.24) is 20.4 Å². The molecule has 5 nitrogen and oxygen atoms in total. The molecule has 0 aromatic rings. The summed E-state index contributed by atoms with van der Waals surface area (Å²) in [6, 6.07) is 0.671. The third-order valence-electron chi connectivity index (χ3n) is 3.08. The molecule has 2 amide bonds. The van der Waals surface area contributed by atoms with Crippen LogP contribution in [0.3, 0.4) is 0 Å². The Morgan fingerprint density at radius 1 is 1.33 bits per heavy atom. The first-order valence-corrected chi connectivity index (χ1v) is 5.74. The summed E-state index contributed by atoms with van der Waals surface area (Å²) in [5, 5.41) is 6.24. The van der Waals surface area contributed by atoms with Gasteiger partial charge in [-0.2, -0.15) is 0 Å². The zero-order valence-electron chi connectivity index (χ0n) is 9.33. The highest BCUT2D eigenvalue weighted by atomic mass is 16.2. The van der Waals surface area contributed by atoms with Crippen LogP contribution < -0.4 is 10.6 Å². The van der Waals surface area contributed by atoms with Gasteiger partial charge in [0, 0.05) is 51.9 Å². The SMILES string of the molecule is C[C@H]1CN(CCN2CCNC2=O)CCN1. The number of piperazine rings is 1. The second kappa shape index (κ2) is 4.81. The lowest BCUT2D eigenvalue weighted by Crippen LogP contribution is -2.51. The molecule has 2 fully saturated rings. The Morgan fingerprint density at radius 2 is 2.20 bits per heavy atom. The summed E-state index contributed by atoms with van der Waals surface area (Å²) in [6.45, 7) is 8.98. The Morgan fingerprint density at radius 3 is 2.87 bits per heavy atom. The first-order chi connectivity index (χ1) is 7.25. The van der Waals surface area contributed by atoms with E-state index in [4.69, 9.17) is 0 Å². The largest absolute Gasteiger partial charge is 0.336 e. The molecule has 86 valence electrons. The van der Waals surface area contributed by atoms with E-state index in [1.165, 1.54) is 0 Å². The molecular weight excluding hydrogens is 192 g/mol. The lowest BCUT2D eigenvalue weighted by atomic mass is 10.2. The zero-order valence-corrected chi connectivity index (χ0v) is 9.33. The van der Waals surface area contributed by atoms with Crippen LogP contribution in [0.4, 0.5) is 4.79 Å². The molecule has 2 heterocycles. The van der Waals surface area contributed by atoms with Gasteiger partial charge in [-0.1, -0.05) is 0 Å². The van der Waals surface area contributed by atoms with Gasteiger partial charge in [0.1, 0.15) is 0 Å². The van der Waals surface area contributed by atoms with Gasteiger partial charge in [-0.05, 0) is 6.92 Å². The number of nitrogens with one attached hydrogen (secondary N) is 2. The average molecular weight is 212 g/mol. The fraction of sp³-hybridized carbons (Fsp3) is 0.900. The Hall–Kier alpha value is -0.810. The summed E-state index contributed by atoms with van der Waals surface area (Å²) >= 11 is 0. The first kappa shape index (κ1) is 10.7. The van der Waals surface area contributed by atoms with Crippen molar-refractivity contribution >= 4 is 6.03 Å². The van der Waals surface area contributed by atoms with Crippen molar-refractivity contribution < 1.29 is 4.79 Å². The van der Waals surface area contributed by atoms with Crippen LogP contribution in [0.25, 0.3) is 0 Å². The second-order valence-corrected chi connectivity index (χ2v) is 4.37. The molecule has 0 aromatic heterocycles. The standard InChI is InChI=1S/C10H20N4O/c1-9-8-13(4-2-11-9)6-7-14-5-3-12-10(14)15/h9,11H,2-8H2,1H3,(H,12,15)/t9-/m0/s1. The minimum atomic E-state index is 0.0955. The van der Waals surface area contributed by atoms with Gasteiger partial charge in [-0.25, -0.2) is 4.79 Å². The van der Waals surface area contributed by atoms with Crippen LogP contribution in [-0.2, 0) is 0 Å². The first-order valence-electron chi connectivity index (χ1n) is 5.74. The Labute approximate surface area is 90.8 Å². The topological polar surface area (TPSA) is 47.6 Å². The van der Waals surface area contributed by atoms with E-state index in [1.54, 1.807) is 0 Å². The van der Waals surface area contributed by atoms with E-state index in [2.05, 4.69) is 22.5 Å². The van der Waals surface area contributed by atoms with Gasteiger partial charge in [-0.15, -0.1) is 0 Å². The van der Waals surface area contributed by atoms with E-state index < -0.39 is 0 Å². The van der Waals surface area contributed by atoms with E-state index in [0.717, 1.165) is 45.8 Å². The van der Waals surface area contributed by atoms with Crippen LogP contribution in [0, 0.1) is 0 Å². The molecule has 0 unspecified atom stereocenters. The molecule has 0 radical (unpaired) electrons. The van der Waals surface area contributed by atoms with Gasteiger partial charge in [0.15, 0.2) is 0 Å². The van der Waals surface area contributed by atoms with Crippen LogP contribution in [-0.4, -0.2) is 67.7 Å². The highest BCUT2D eigenvalue weighted by Crippen LogP contribution is 2.01. The predicted molar refractivity (Wildman–Crippen MR) is 58.9 cm³/mol. The van der Waals surface area contributed by atoms with E-state index >= 15 is 0 Å². The molecule has 0 spiro atoms. The summed E-state index contributed by atoms with van der Waals surface area (Å²) in [5.74, 6) is 0. The lowest BCUT2D eigenvalue weighted by molar-refractivity contribution is 0.178. The summed E-state index contributed by atoms with van der Waals surface area (Å²) in [5.41, 5.74) is 0. The maximum atomic E-state index is 11.3. The molecule has 0 saturated carbocycles. The van der Waals surface area contributed by atoms with Crippen LogP contribution in [0.15, 0.2) is 0 Å². The Kier molecular flexibility index (Phi) is 3.43. The van der Waals surface area contributed by atoms with Crippen molar-refractivity contribution in [3.63, 3.8) is 0 Å². The summed E-state index contributed by atoms with van der Waals surface area (Å²) < 4.78 is 0. The summed E-state index contributed by atoms with van der Waals surface area (Å²) in [7, 11) is 0. The van der Waals surface area contributed by atoms with Crippen LogP contribution in [0.2, 0.25) is 0 Å². The molecule has 5 heteroatoms. The molecular formula is C10H20N4O. The number of amides is 2. The van der Waals surface area contributed by atoms with Crippen molar-refractivity contribution in [2.45, 2.75) is 13.0 Å². The molecule has 0 aromatic carbocycles. The quantitative estimate of drug-likeness (QED) is 0.651. The van der Waals surface area contributed by atoms with Crippen LogP contribution in [0.1, 0.15) is 6.92 Å². The highest BCUT2D eigenvalue weighted by Gasteiger charge is 2.21. The van der Waals surface area contributed by atoms with Gasteiger partial charge in [0.2, 0.25) is 0 Å².